The molecule has 0 aliphatic rings. The van der Waals surface area contributed by atoms with Crippen LogP contribution in [-0.2, 0) is 0 Å². The van der Waals surface area contributed by atoms with Gasteiger partial charge in [-0.15, -0.1) is 0 Å². The number of carbonyl (C=O) groups is 1. The van der Waals surface area contributed by atoms with Gasteiger partial charge in [-0.25, -0.2) is 0 Å². The second-order valence-corrected chi connectivity index (χ2v) is 5.67. The van der Waals surface area contributed by atoms with Crippen molar-refractivity contribution in [3.63, 3.8) is 0 Å². The molecule has 0 aliphatic carbocycles. The Hall–Kier alpha value is -1.03. The van der Waals surface area contributed by atoms with E-state index >= 15 is 0 Å². The molecule has 1 aromatic carbocycles. The second kappa shape index (κ2) is 5.54. The molecule has 1 rings (SSSR count). The number of hydrogen-bond donors (Lipinski definition) is 2. The molecule has 0 radical (unpaired) electrons. The van der Waals surface area contributed by atoms with Crippen molar-refractivity contribution >= 4 is 21.8 Å². The minimum absolute atomic E-state index is 0.00185. The Balaban J connectivity index is 2.86. The fourth-order valence-electron chi connectivity index (χ4n) is 1.75. The molecular weight excluding hydrogens is 282 g/mol. The molecule has 0 aromatic heterocycles. The number of aromatic hydroxyl groups is 1. The van der Waals surface area contributed by atoms with E-state index in [2.05, 4.69) is 28.2 Å². The maximum atomic E-state index is 12.0. The van der Waals surface area contributed by atoms with Gasteiger partial charge in [0.15, 0.2) is 0 Å². The molecule has 17 heavy (non-hydrogen) atoms. The van der Waals surface area contributed by atoms with Crippen LogP contribution in [0.2, 0.25) is 0 Å². The molecule has 0 saturated carbocycles. The van der Waals surface area contributed by atoms with Crippen LogP contribution in [0.15, 0.2) is 22.7 Å². The molecule has 0 unspecified atom stereocenters. The number of benzene rings is 1. The first-order valence-corrected chi connectivity index (χ1v) is 6.46. The van der Waals surface area contributed by atoms with E-state index < -0.39 is 0 Å². The summed E-state index contributed by atoms with van der Waals surface area (Å²) < 4.78 is 0.772. The topological polar surface area (TPSA) is 49.3 Å². The Labute approximate surface area is 110 Å². The zero-order chi connectivity index (χ0) is 13.1. The molecule has 2 N–H and O–H groups in total. The molecule has 0 atom stereocenters. The Bertz CT molecular complexity index is 416. The Kier molecular flexibility index (Phi) is 4.57. The van der Waals surface area contributed by atoms with Crippen molar-refractivity contribution in [1.82, 2.24) is 5.32 Å². The first kappa shape index (κ1) is 14.0. The van der Waals surface area contributed by atoms with Gasteiger partial charge in [0, 0.05) is 10.0 Å². The van der Waals surface area contributed by atoms with E-state index in [-0.39, 0.29) is 17.2 Å². The minimum Gasteiger partial charge on any atom is -0.507 e. The smallest absolute Gasteiger partial charge is 0.255 e. The molecule has 4 heteroatoms. The van der Waals surface area contributed by atoms with Crippen molar-refractivity contribution in [1.29, 1.82) is 0 Å². The summed E-state index contributed by atoms with van der Waals surface area (Å²) in [4.78, 5) is 12.0. The van der Waals surface area contributed by atoms with E-state index in [4.69, 9.17) is 0 Å². The Morgan fingerprint density at radius 2 is 2.12 bits per heavy atom. The lowest BCUT2D eigenvalue weighted by atomic mass is 9.98. The Morgan fingerprint density at radius 1 is 1.47 bits per heavy atom. The summed E-state index contributed by atoms with van der Waals surface area (Å²) in [5.74, 6) is -0.250. The molecular formula is C13H18BrNO2. The molecule has 0 aliphatic heterocycles. The van der Waals surface area contributed by atoms with Crippen LogP contribution in [-0.4, -0.2) is 16.6 Å². The summed E-state index contributed by atoms with van der Waals surface area (Å²) in [6.07, 6.45) is 1.89. The van der Waals surface area contributed by atoms with Gasteiger partial charge in [0.25, 0.3) is 5.91 Å². The fourth-order valence-corrected chi connectivity index (χ4v) is 2.11. The zero-order valence-electron chi connectivity index (χ0n) is 10.4. The van der Waals surface area contributed by atoms with Gasteiger partial charge in [0.2, 0.25) is 0 Å². The van der Waals surface area contributed by atoms with Gasteiger partial charge in [-0.3, -0.25) is 4.79 Å². The third-order valence-corrected chi connectivity index (χ3v) is 3.02. The number of hydrogen-bond acceptors (Lipinski definition) is 2. The van der Waals surface area contributed by atoms with E-state index in [1.54, 1.807) is 12.1 Å². The van der Waals surface area contributed by atoms with Crippen LogP contribution < -0.4 is 5.32 Å². The Morgan fingerprint density at radius 3 is 2.71 bits per heavy atom. The van der Waals surface area contributed by atoms with E-state index in [9.17, 15) is 9.90 Å². The van der Waals surface area contributed by atoms with Crippen LogP contribution in [0.1, 0.15) is 44.0 Å². The van der Waals surface area contributed by atoms with Crippen molar-refractivity contribution in [2.75, 3.05) is 0 Å². The minimum atomic E-state index is -0.263. The number of amides is 1. The van der Waals surface area contributed by atoms with E-state index in [0.29, 0.717) is 5.56 Å². The SMILES string of the molecule is CCCC(C)(C)NC(=O)c1cc(Br)ccc1O. The summed E-state index contributed by atoms with van der Waals surface area (Å²) in [6.45, 7) is 6.03. The second-order valence-electron chi connectivity index (χ2n) is 4.75. The highest BCUT2D eigenvalue weighted by atomic mass is 79.9. The van der Waals surface area contributed by atoms with Crippen LogP contribution in [0, 0.1) is 0 Å². The van der Waals surface area contributed by atoms with Crippen LogP contribution in [0.5, 0.6) is 5.75 Å². The molecule has 0 fully saturated rings. The van der Waals surface area contributed by atoms with Gasteiger partial charge < -0.3 is 10.4 Å². The summed E-state index contributed by atoms with van der Waals surface area (Å²) >= 11 is 3.28. The highest BCUT2D eigenvalue weighted by Gasteiger charge is 2.21. The highest BCUT2D eigenvalue weighted by molar-refractivity contribution is 9.10. The number of carbonyl (C=O) groups excluding carboxylic acids is 1. The molecule has 0 bridgehead atoms. The third-order valence-electron chi connectivity index (χ3n) is 2.53. The summed E-state index contributed by atoms with van der Waals surface area (Å²) in [6, 6.07) is 4.82. The number of nitrogens with one attached hydrogen (secondary N) is 1. The number of phenolic OH excluding ortho intramolecular Hbond substituents is 1. The highest BCUT2D eigenvalue weighted by Crippen LogP contribution is 2.23. The predicted molar refractivity (Wildman–Crippen MR) is 72.3 cm³/mol. The fraction of sp³-hybridized carbons (Fsp3) is 0.462. The van der Waals surface area contributed by atoms with Crippen LogP contribution in [0.25, 0.3) is 0 Å². The van der Waals surface area contributed by atoms with Crippen LogP contribution >= 0.6 is 15.9 Å². The normalized spacial score (nSPS) is 11.3. The average molecular weight is 300 g/mol. The molecule has 0 heterocycles. The van der Waals surface area contributed by atoms with E-state index in [1.165, 1.54) is 6.07 Å². The summed E-state index contributed by atoms with van der Waals surface area (Å²) in [5, 5.41) is 12.6. The van der Waals surface area contributed by atoms with Gasteiger partial charge in [-0.1, -0.05) is 29.3 Å². The molecule has 1 aromatic rings. The van der Waals surface area contributed by atoms with Crippen molar-refractivity contribution in [3.8, 4) is 5.75 Å². The number of phenols is 1. The number of rotatable bonds is 4. The number of halogens is 1. The molecule has 3 nitrogen and oxygen atoms in total. The van der Waals surface area contributed by atoms with Crippen LogP contribution in [0.4, 0.5) is 0 Å². The van der Waals surface area contributed by atoms with Gasteiger partial charge in [-0.2, -0.15) is 0 Å². The maximum Gasteiger partial charge on any atom is 0.255 e. The van der Waals surface area contributed by atoms with Gasteiger partial charge >= 0.3 is 0 Å². The average Bonchev–Trinajstić information content (AvgIpc) is 2.20. The standard InChI is InChI=1S/C13H18BrNO2/c1-4-7-13(2,3)15-12(17)10-8-9(14)5-6-11(10)16/h5-6,8,16H,4,7H2,1-3H3,(H,15,17). The monoisotopic (exact) mass is 299 g/mol. The zero-order valence-corrected chi connectivity index (χ0v) is 12.0. The van der Waals surface area contributed by atoms with Gasteiger partial charge in [-0.05, 0) is 38.5 Å². The van der Waals surface area contributed by atoms with Gasteiger partial charge in [0.1, 0.15) is 5.75 Å². The van der Waals surface area contributed by atoms with Crippen molar-refractivity contribution in [2.24, 2.45) is 0 Å². The molecule has 0 saturated heterocycles. The van der Waals surface area contributed by atoms with Crippen molar-refractivity contribution in [2.45, 2.75) is 39.2 Å². The van der Waals surface area contributed by atoms with Crippen LogP contribution in [0.3, 0.4) is 0 Å². The van der Waals surface area contributed by atoms with E-state index in [1.807, 2.05) is 13.8 Å². The van der Waals surface area contributed by atoms with E-state index in [0.717, 1.165) is 17.3 Å². The lowest BCUT2D eigenvalue weighted by Crippen LogP contribution is -2.43. The first-order chi connectivity index (χ1) is 7.85. The predicted octanol–water partition coefficient (Wildman–Crippen LogP) is 3.46. The molecule has 94 valence electrons. The molecule has 0 spiro atoms. The van der Waals surface area contributed by atoms with Gasteiger partial charge in [0.05, 0.1) is 5.56 Å². The first-order valence-electron chi connectivity index (χ1n) is 5.67. The van der Waals surface area contributed by atoms with Crippen molar-refractivity contribution in [3.05, 3.63) is 28.2 Å². The quantitative estimate of drug-likeness (QED) is 0.894. The molecule has 1 amide bonds. The maximum absolute atomic E-state index is 12.0. The lowest BCUT2D eigenvalue weighted by Gasteiger charge is -2.26. The van der Waals surface area contributed by atoms with Crippen molar-refractivity contribution < 1.29 is 9.90 Å². The third kappa shape index (κ3) is 4.04. The summed E-state index contributed by atoms with van der Waals surface area (Å²) in [7, 11) is 0. The largest absolute Gasteiger partial charge is 0.507 e. The summed E-state index contributed by atoms with van der Waals surface area (Å²) in [5.41, 5.74) is 0.0317. The lowest BCUT2D eigenvalue weighted by molar-refractivity contribution is 0.0906.